The number of carbonyl (C=O) groups is 1. The van der Waals surface area contributed by atoms with Gasteiger partial charge in [0.15, 0.2) is 0 Å². The highest BCUT2D eigenvalue weighted by Gasteiger charge is 2.20. The molecule has 0 aromatic rings. The molecule has 0 spiro atoms. The summed E-state index contributed by atoms with van der Waals surface area (Å²) in [5.74, 6) is -0.173. The molecule has 0 bridgehead atoms. The fourth-order valence-corrected chi connectivity index (χ4v) is 1.42. The molecule has 6 heteroatoms. The normalized spacial score (nSPS) is 14.6. The zero-order valence-corrected chi connectivity index (χ0v) is 11.7. The Bertz CT molecular complexity index is 233. The molecule has 1 aliphatic rings. The van der Waals surface area contributed by atoms with Crippen molar-refractivity contribution in [1.82, 2.24) is 5.32 Å². The number of nitrogens with one attached hydrogen (secondary N) is 1. The Labute approximate surface area is 114 Å². The van der Waals surface area contributed by atoms with Crippen molar-refractivity contribution in [2.75, 3.05) is 53.3 Å². The molecule has 0 saturated heterocycles. The number of rotatable bonds is 13. The lowest BCUT2D eigenvalue weighted by molar-refractivity contribution is -0.145. The van der Waals surface area contributed by atoms with Crippen molar-refractivity contribution in [2.24, 2.45) is 0 Å². The molecule has 19 heavy (non-hydrogen) atoms. The van der Waals surface area contributed by atoms with Gasteiger partial charge in [-0.2, -0.15) is 0 Å². The zero-order valence-electron chi connectivity index (χ0n) is 11.7. The second kappa shape index (κ2) is 11.2. The Balaban J connectivity index is 1.72. The molecule has 1 aliphatic carbocycles. The zero-order chi connectivity index (χ0) is 13.8. The van der Waals surface area contributed by atoms with Gasteiger partial charge in [-0.3, -0.25) is 4.79 Å². The van der Waals surface area contributed by atoms with Crippen LogP contribution in [0.3, 0.4) is 0 Å². The Morgan fingerprint density at radius 3 is 2.32 bits per heavy atom. The number of carbonyl (C=O) groups excluding carboxylic acids is 1. The van der Waals surface area contributed by atoms with Gasteiger partial charge in [0, 0.05) is 19.7 Å². The highest BCUT2D eigenvalue weighted by molar-refractivity contribution is 5.69. The van der Waals surface area contributed by atoms with E-state index in [1.165, 1.54) is 12.8 Å². The number of ether oxygens (including phenoxy) is 4. The van der Waals surface area contributed by atoms with Crippen molar-refractivity contribution >= 4 is 5.97 Å². The second-order valence-electron chi connectivity index (χ2n) is 4.42. The van der Waals surface area contributed by atoms with Crippen LogP contribution in [-0.4, -0.2) is 65.3 Å². The van der Waals surface area contributed by atoms with Gasteiger partial charge in [0.25, 0.3) is 0 Å². The van der Waals surface area contributed by atoms with Gasteiger partial charge in [0.1, 0.15) is 6.61 Å². The largest absolute Gasteiger partial charge is 0.463 e. The van der Waals surface area contributed by atoms with E-state index in [1.807, 2.05) is 0 Å². The van der Waals surface area contributed by atoms with Crippen molar-refractivity contribution in [1.29, 1.82) is 0 Å². The van der Waals surface area contributed by atoms with Crippen LogP contribution in [0.5, 0.6) is 0 Å². The third-order valence-corrected chi connectivity index (χ3v) is 2.63. The first-order valence-corrected chi connectivity index (χ1v) is 6.86. The molecule has 1 saturated carbocycles. The van der Waals surface area contributed by atoms with Gasteiger partial charge in [-0.25, -0.2) is 0 Å². The van der Waals surface area contributed by atoms with E-state index in [2.05, 4.69) is 5.32 Å². The maximum atomic E-state index is 11.3. The van der Waals surface area contributed by atoms with Crippen LogP contribution in [0.15, 0.2) is 0 Å². The van der Waals surface area contributed by atoms with Gasteiger partial charge < -0.3 is 24.3 Å². The third kappa shape index (κ3) is 10.9. The third-order valence-electron chi connectivity index (χ3n) is 2.63. The van der Waals surface area contributed by atoms with E-state index in [0.717, 1.165) is 0 Å². The summed E-state index contributed by atoms with van der Waals surface area (Å²) in [6.45, 7) is 3.62. The minimum atomic E-state index is -0.173. The summed E-state index contributed by atoms with van der Waals surface area (Å²) in [4.78, 5) is 11.3. The molecule has 0 atom stereocenters. The molecule has 0 radical (unpaired) electrons. The quantitative estimate of drug-likeness (QED) is 0.386. The van der Waals surface area contributed by atoms with Crippen LogP contribution in [0.2, 0.25) is 0 Å². The molecule has 1 N–H and O–H groups in total. The lowest BCUT2D eigenvalue weighted by Crippen LogP contribution is -2.22. The Morgan fingerprint density at radius 2 is 1.68 bits per heavy atom. The van der Waals surface area contributed by atoms with Crippen molar-refractivity contribution < 1.29 is 23.7 Å². The maximum Gasteiger partial charge on any atom is 0.307 e. The van der Waals surface area contributed by atoms with Gasteiger partial charge in [0.05, 0.1) is 39.5 Å². The summed E-state index contributed by atoms with van der Waals surface area (Å²) in [5, 5.41) is 3.26. The van der Waals surface area contributed by atoms with Crippen molar-refractivity contribution in [2.45, 2.75) is 25.3 Å². The predicted molar refractivity (Wildman–Crippen MR) is 70.1 cm³/mol. The van der Waals surface area contributed by atoms with Crippen molar-refractivity contribution in [3.8, 4) is 0 Å². The first-order chi connectivity index (χ1) is 9.33. The van der Waals surface area contributed by atoms with Gasteiger partial charge in [-0.05, 0) is 12.8 Å². The van der Waals surface area contributed by atoms with Crippen LogP contribution >= 0.6 is 0 Å². The lowest BCUT2D eigenvalue weighted by atomic mass is 10.4. The molecule has 0 heterocycles. The summed E-state index contributed by atoms with van der Waals surface area (Å²) in [7, 11) is 1.63. The number of esters is 1. The molecule has 0 aromatic heterocycles. The standard InChI is InChI=1S/C13H25NO5/c1-16-6-7-17-8-9-18-10-11-19-13(15)4-5-14-12-2-3-12/h12,14H,2-11H2,1H3. The summed E-state index contributed by atoms with van der Waals surface area (Å²) >= 11 is 0. The molecule has 112 valence electrons. The lowest BCUT2D eigenvalue weighted by Gasteiger charge is -2.07. The van der Waals surface area contributed by atoms with Crippen molar-refractivity contribution in [3.05, 3.63) is 0 Å². The molecule has 0 unspecified atom stereocenters. The predicted octanol–water partition coefficient (Wildman–Crippen LogP) is 0.351. The number of hydrogen-bond donors (Lipinski definition) is 1. The molecule has 0 amide bonds. The fraction of sp³-hybridized carbons (Fsp3) is 0.923. The Kier molecular flexibility index (Phi) is 9.61. The van der Waals surface area contributed by atoms with Crippen LogP contribution in [0.4, 0.5) is 0 Å². The van der Waals surface area contributed by atoms with E-state index in [1.54, 1.807) is 7.11 Å². The summed E-state index contributed by atoms with van der Waals surface area (Å²) in [5.41, 5.74) is 0. The summed E-state index contributed by atoms with van der Waals surface area (Å²) < 4.78 is 20.3. The minimum Gasteiger partial charge on any atom is -0.463 e. The molecule has 6 nitrogen and oxygen atoms in total. The molecular weight excluding hydrogens is 250 g/mol. The number of methoxy groups -OCH3 is 1. The maximum absolute atomic E-state index is 11.3. The van der Waals surface area contributed by atoms with Gasteiger partial charge >= 0.3 is 5.97 Å². The summed E-state index contributed by atoms with van der Waals surface area (Å²) in [6.07, 6.45) is 2.89. The average Bonchev–Trinajstić information content (AvgIpc) is 3.21. The highest BCUT2D eigenvalue weighted by Crippen LogP contribution is 2.18. The highest BCUT2D eigenvalue weighted by atomic mass is 16.6. The fourth-order valence-electron chi connectivity index (χ4n) is 1.42. The van der Waals surface area contributed by atoms with Crippen LogP contribution in [0.1, 0.15) is 19.3 Å². The van der Waals surface area contributed by atoms with E-state index in [-0.39, 0.29) is 5.97 Å². The molecule has 0 aliphatic heterocycles. The van der Waals surface area contributed by atoms with E-state index in [4.69, 9.17) is 18.9 Å². The Morgan fingerprint density at radius 1 is 1.05 bits per heavy atom. The van der Waals surface area contributed by atoms with E-state index in [0.29, 0.717) is 58.6 Å². The first kappa shape index (κ1) is 16.4. The average molecular weight is 275 g/mol. The molecule has 1 rings (SSSR count). The van der Waals surface area contributed by atoms with Crippen LogP contribution in [0.25, 0.3) is 0 Å². The van der Waals surface area contributed by atoms with Crippen molar-refractivity contribution in [3.63, 3.8) is 0 Å². The van der Waals surface area contributed by atoms with E-state index in [9.17, 15) is 4.79 Å². The van der Waals surface area contributed by atoms with Crippen LogP contribution in [0, 0.1) is 0 Å². The van der Waals surface area contributed by atoms with Gasteiger partial charge in [-0.1, -0.05) is 0 Å². The monoisotopic (exact) mass is 275 g/mol. The van der Waals surface area contributed by atoms with E-state index < -0.39 is 0 Å². The van der Waals surface area contributed by atoms with Gasteiger partial charge in [-0.15, -0.1) is 0 Å². The van der Waals surface area contributed by atoms with E-state index >= 15 is 0 Å². The smallest absolute Gasteiger partial charge is 0.307 e. The summed E-state index contributed by atoms with van der Waals surface area (Å²) in [6, 6.07) is 0.634. The molecule has 1 fully saturated rings. The van der Waals surface area contributed by atoms with Gasteiger partial charge in [0.2, 0.25) is 0 Å². The SMILES string of the molecule is COCCOCCOCCOC(=O)CCNC1CC1. The number of hydrogen-bond acceptors (Lipinski definition) is 6. The Hall–Kier alpha value is -0.690. The second-order valence-corrected chi connectivity index (χ2v) is 4.42. The van der Waals surface area contributed by atoms with Crippen LogP contribution < -0.4 is 5.32 Å². The minimum absolute atomic E-state index is 0.173. The topological polar surface area (TPSA) is 66.0 Å². The molecule has 0 aromatic carbocycles. The first-order valence-electron chi connectivity index (χ1n) is 6.86. The van der Waals surface area contributed by atoms with Crippen LogP contribution in [-0.2, 0) is 23.7 Å². The molecular formula is C13H25NO5.